The Kier molecular flexibility index (Phi) is 6.64. The lowest BCUT2D eigenvalue weighted by atomic mass is 10.2. The van der Waals surface area contributed by atoms with Crippen LogP contribution in [0, 0.1) is 11.8 Å². The average Bonchev–Trinajstić information content (AvgIpc) is 2.55. The number of amides is 1. The molecule has 0 bridgehead atoms. The third kappa shape index (κ3) is 5.08. The number of nitrogens with zero attached hydrogens (tertiary/aromatic N) is 2. The first-order valence-corrected chi connectivity index (χ1v) is 9.61. The Morgan fingerprint density at radius 2 is 1.84 bits per heavy atom. The number of aromatic nitrogens is 2. The Balaban J connectivity index is 2.35. The van der Waals surface area contributed by atoms with Gasteiger partial charge < -0.3 is 5.32 Å². The molecule has 0 unspecified atom stereocenters. The lowest BCUT2D eigenvalue weighted by molar-refractivity contribution is -0.120. The third-order valence-corrected chi connectivity index (χ3v) is 4.80. The number of rotatable bonds is 7. The van der Waals surface area contributed by atoms with Gasteiger partial charge in [-0.1, -0.05) is 51.6 Å². The highest BCUT2D eigenvalue weighted by molar-refractivity contribution is 8.00. The van der Waals surface area contributed by atoms with Gasteiger partial charge in [0.2, 0.25) is 5.91 Å². The molecule has 0 saturated heterocycles. The van der Waals surface area contributed by atoms with Crippen LogP contribution >= 0.6 is 11.8 Å². The summed E-state index contributed by atoms with van der Waals surface area (Å²) in [6.45, 7) is 11.3. The van der Waals surface area contributed by atoms with E-state index in [9.17, 15) is 9.59 Å². The van der Waals surface area contributed by atoms with Gasteiger partial charge in [0.25, 0.3) is 5.56 Å². The molecule has 0 saturated carbocycles. The molecular weight excluding hydrogens is 334 g/mol. The quantitative estimate of drug-likeness (QED) is 0.607. The van der Waals surface area contributed by atoms with Crippen LogP contribution < -0.4 is 10.9 Å². The fourth-order valence-electron chi connectivity index (χ4n) is 2.42. The van der Waals surface area contributed by atoms with Gasteiger partial charge in [0.1, 0.15) is 0 Å². The molecule has 1 aromatic carbocycles. The summed E-state index contributed by atoms with van der Waals surface area (Å²) < 4.78 is 1.70. The molecule has 1 aromatic heterocycles. The van der Waals surface area contributed by atoms with Crippen LogP contribution in [0.2, 0.25) is 0 Å². The lowest BCUT2D eigenvalue weighted by Crippen LogP contribution is -2.34. The normalized spacial score (nSPS) is 12.8. The highest BCUT2D eigenvalue weighted by atomic mass is 32.2. The number of benzene rings is 1. The Hall–Kier alpha value is -1.82. The summed E-state index contributed by atoms with van der Waals surface area (Å²) in [5, 5.41) is 3.84. The second-order valence-corrected chi connectivity index (χ2v) is 8.43. The highest BCUT2D eigenvalue weighted by Crippen LogP contribution is 2.23. The number of hydrogen-bond donors (Lipinski definition) is 1. The van der Waals surface area contributed by atoms with Crippen molar-refractivity contribution in [3.8, 4) is 0 Å². The molecule has 0 aliphatic rings. The van der Waals surface area contributed by atoms with Crippen LogP contribution in [0.15, 0.2) is 34.2 Å². The molecule has 6 heteroatoms. The number of carbonyl (C=O) groups is 1. The molecule has 5 nitrogen and oxygen atoms in total. The molecule has 1 N–H and O–H groups in total. The van der Waals surface area contributed by atoms with Crippen LogP contribution in [0.1, 0.15) is 34.6 Å². The minimum atomic E-state index is -0.315. The summed E-state index contributed by atoms with van der Waals surface area (Å²) in [6, 6.07) is 7.35. The van der Waals surface area contributed by atoms with Crippen LogP contribution in [-0.4, -0.2) is 27.3 Å². The van der Waals surface area contributed by atoms with E-state index in [1.165, 1.54) is 11.8 Å². The predicted molar refractivity (Wildman–Crippen MR) is 104 cm³/mol. The van der Waals surface area contributed by atoms with E-state index in [2.05, 4.69) is 38.0 Å². The maximum atomic E-state index is 12.9. The van der Waals surface area contributed by atoms with Gasteiger partial charge in [0, 0.05) is 13.1 Å². The van der Waals surface area contributed by atoms with Crippen molar-refractivity contribution in [2.75, 3.05) is 6.54 Å². The number of thioether (sulfide) groups is 1. The second-order valence-electron chi connectivity index (χ2n) is 7.12. The molecule has 0 spiro atoms. The van der Waals surface area contributed by atoms with Crippen LogP contribution in [0.3, 0.4) is 0 Å². The van der Waals surface area contributed by atoms with Crippen molar-refractivity contribution in [2.45, 2.75) is 51.6 Å². The van der Waals surface area contributed by atoms with E-state index in [1.54, 1.807) is 10.6 Å². The smallest absolute Gasteiger partial charge is 0.262 e. The Morgan fingerprint density at radius 1 is 1.16 bits per heavy atom. The summed E-state index contributed by atoms with van der Waals surface area (Å²) in [4.78, 5) is 29.8. The molecule has 0 radical (unpaired) electrons. The number of hydrogen-bond acceptors (Lipinski definition) is 4. The van der Waals surface area contributed by atoms with Crippen molar-refractivity contribution in [3.05, 3.63) is 34.6 Å². The van der Waals surface area contributed by atoms with E-state index >= 15 is 0 Å². The Bertz CT molecular complexity index is 799. The van der Waals surface area contributed by atoms with Crippen molar-refractivity contribution in [3.63, 3.8) is 0 Å². The monoisotopic (exact) mass is 361 g/mol. The summed E-state index contributed by atoms with van der Waals surface area (Å²) in [5.74, 6) is 0.682. The van der Waals surface area contributed by atoms with Crippen molar-refractivity contribution >= 4 is 28.6 Å². The van der Waals surface area contributed by atoms with E-state index in [0.29, 0.717) is 41.0 Å². The summed E-state index contributed by atoms with van der Waals surface area (Å²) >= 11 is 1.34. The van der Waals surface area contributed by atoms with Gasteiger partial charge in [-0.3, -0.25) is 14.2 Å². The summed E-state index contributed by atoms with van der Waals surface area (Å²) in [6.07, 6.45) is 0. The molecule has 25 heavy (non-hydrogen) atoms. The standard InChI is InChI=1S/C19H27N3O2S/c1-12(2)10-20-17(23)14(5)25-19-21-16-9-7-6-8-15(16)18(24)22(19)11-13(3)4/h6-9,12-14H,10-11H2,1-5H3,(H,20,23)/t14-/m1/s1. The van der Waals surface area contributed by atoms with E-state index in [4.69, 9.17) is 0 Å². The topological polar surface area (TPSA) is 64.0 Å². The van der Waals surface area contributed by atoms with Gasteiger partial charge in [-0.15, -0.1) is 0 Å². The molecule has 0 aliphatic heterocycles. The molecule has 0 fully saturated rings. The molecule has 0 aliphatic carbocycles. The maximum Gasteiger partial charge on any atom is 0.262 e. The van der Waals surface area contributed by atoms with E-state index in [1.807, 2.05) is 25.1 Å². The van der Waals surface area contributed by atoms with Gasteiger partial charge >= 0.3 is 0 Å². The predicted octanol–water partition coefficient (Wildman–Crippen LogP) is 3.31. The zero-order chi connectivity index (χ0) is 18.6. The lowest BCUT2D eigenvalue weighted by Gasteiger charge is -2.18. The number of fused-ring (bicyclic) bond motifs is 1. The Labute approximate surface area is 153 Å². The van der Waals surface area contributed by atoms with Crippen LogP contribution in [0.5, 0.6) is 0 Å². The average molecular weight is 362 g/mol. The van der Waals surface area contributed by atoms with Crippen LogP contribution in [0.25, 0.3) is 10.9 Å². The molecular formula is C19H27N3O2S. The summed E-state index contributed by atoms with van der Waals surface area (Å²) in [7, 11) is 0. The highest BCUT2D eigenvalue weighted by Gasteiger charge is 2.19. The first kappa shape index (κ1) is 19.5. The van der Waals surface area contributed by atoms with Gasteiger partial charge in [-0.2, -0.15) is 0 Å². The molecule has 1 amide bonds. The van der Waals surface area contributed by atoms with Crippen LogP contribution in [0.4, 0.5) is 0 Å². The van der Waals surface area contributed by atoms with Gasteiger partial charge in [0.15, 0.2) is 5.16 Å². The summed E-state index contributed by atoms with van der Waals surface area (Å²) in [5.41, 5.74) is 0.626. The molecule has 1 atom stereocenters. The van der Waals surface area contributed by atoms with Crippen molar-refractivity contribution < 1.29 is 4.79 Å². The second kappa shape index (κ2) is 8.52. The minimum Gasteiger partial charge on any atom is -0.355 e. The molecule has 136 valence electrons. The van der Waals surface area contributed by atoms with Crippen LogP contribution in [-0.2, 0) is 11.3 Å². The van der Waals surface area contributed by atoms with Gasteiger partial charge in [-0.25, -0.2) is 4.98 Å². The first-order chi connectivity index (χ1) is 11.8. The van der Waals surface area contributed by atoms with Gasteiger partial charge in [-0.05, 0) is 30.9 Å². The number of carbonyl (C=O) groups excluding carboxylic acids is 1. The fraction of sp³-hybridized carbons (Fsp3) is 0.526. The van der Waals surface area contributed by atoms with E-state index < -0.39 is 0 Å². The van der Waals surface area contributed by atoms with Crippen molar-refractivity contribution in [1.29, 1.82) is 0 Å². The van der Waals surface area contributed by atoms with Crippen molar-refractivity contribution in [1.82, 2.24) is 14.9 Å². The zero-order valence-electron chi connectivity index (χ0n) is 15.6. The molecule has 2 aromatic rings. The fourth-order valence-corrected chi connectivity index (χ4v) is 3.37. The van der Waals surface area contributed by atoms with Crippen molar-refractivity contribution in [2.24, 2.45) is 11.8 Å². The number of para-hydroxylation sites is 1. The maximum absolute atomic E-state index is 12.9. The third-order valence-electron chi connectivity index (χ3n) is 3.71. The number of nitrogens with one attached hydrogen (secondary N) is 1. The van der Waals surface area contributed by atoms with E-state index in [0.717, 1.165) is 0 Å². The SMILES string of the molecule is CC(C)CNC(=O)[C@@H](C)Sc1nc2ccccc2c(=O)n1CC(C)C. The largest absolute Gasteiger partial charge is 0.355 e. The Morgan fingerprint density at radius 3 is 2.48 bits per heavy atom. The molecule has 2 rings (SSSR count). The zero-order valence-corrected chi connectivity index (χ0v) is 16.4. The van der Waals surface area contributed by atoms with E-state index in [-0.39, 0.29) is 16.7 Å². The first-order valence-electron chi connectivity index (χ1n) is 8.73. The minimum absolute atomic E-state index is 0.0304. The van der Waals surface area contributed by atoms with Gasteiger partial charge in [0.05, 0.1) is 16.2 Å². The molecule has 1 heterocycles.